The Kier molecular flexibility index (Phi) is 11.9. The lowest BCUT2D eigenvalue weighted by Crippen LogP contribution is -2.24. The van der Waals surface area contributed by atoms with Crippen LogP contribution in [0.15, 0.2) is 42.5 Å². The first kappa shape index (κ1) is 23.5. The molecule has 1 aromatic carbocycles. The lowest BCUT2D eigenvalue weighted by molar-refractivity contribution is -0.0330. The van der Waals surface area contributed by atoms with Crippen LogP contribution in [-0.4, -0.2) is 55.1 Å². The molecule has 1 rings (SSSR count). The van der Waals surface area contributed by atoms with Crippen LogP contribution in [0.5, 0.6) is 0 Å². The maximum atomic E-state index is 12.4. The summed E-state index contributed by atoms with van der Waals surface area (Å²) in [6, 6.07) is 9.34. The Labute approximate surface area is 163 Å². The molecule has 0 saturated heterocycles. The fraction of sp³-hybridized carbons (Fsp3) is 0.591. The normalized spacial score (nSPS) is 14.5. The van der Waals surface area contributed by atoms with Crippen molar-refractivity contribution in [3.8, 4) is 0 Å². The lowest BCUT2D eigenvalue weighted by Gasteiger charge is -2.17. The van der Waals surface area contributed by atoms with Crippen LogP contribution in [0.3, 0.4) is 0 Å². The van der Waals surface area contributed by atoms with E-state index in [4.69, 9.17) is 9.47 Å². The maximum absolute atomic E-state index is 12.4. The average molecular weight is 379 g/mol. The SMILES string of the molecule is C=C(C)C(CCCCC(O)COCC(O)COC)CC(=O)c1ccccc1. The topological polar surface area (TPSA) is 76.0 Å². The minimum Gasteiger partial charge on any atom is -0.391 e. The molecule has 3 unspecified atom stereocenters. The van der Waals surface area contributed by atoms with Gasteiger partial charge < -0.3 is 19.7 Å². The first-order valence-electron chi connectivity index (χ1n) is 9.60. The largest absolute Gasteiger partial charge is 0.391 e. The standard InChI is InChI=1S/C22H34O5/c1-17(2)19(13-22(25)18-9-5-4-6-10-18)11-7-8-12-20(23)15-27-16-21(24)14-26-3/h4-6,9-10,19-21,23-24H,1,7-8,11-16H2,2-3H3. The van der Waals surface area contributed by atoms with Gasteiger partial charge in [-0.05, 0) is 25.7 Å². The summed E-state index contributed by atoms with van der Waals surface area (Å²) in [6.45, 7) is 6.59. The van der Waals surface area contributed by atoms with E-state index in [1.54, 1.807) is 0 Å². The summed E-state index contributed by atoms with van der Waals surface area (Å²) in [7, 11) is 1.52. The molecule has 152 valence electrons. The van der Waals surface area contributed by atoms with E-state index in [-0.39, 0.29) is 31.5 Å². The second-order valence-corrected chi connectivity index (χ2v) is 7.12. The minimum atomic E-state index is -0.666. The predicted molar refractivity (Wildman–Crippen MR) is 107 cm³/mol. The summed E-state index contributed by atoms with van der Waals surface area (Å²) in [4.78, 5) is 12.4. The summed E-state index contributed by atoms with van der Waals surface area (Å²) >= 11 is 0. The fourth-order valence-corrected chi connectivity index (χ4v) is 2.92. The first-order valence-corrected chi connectivity index (χ1v) is 9.60. The number of carbonyl (C=O) groups is 1. The highest BCUT2D eigenvalue weighted by molar-refractivity contribution is 5.96. The number of ketones is 1. The van der Waals surface area contributed by atoms with Crippen LogP contribution in [0.4, 0.5) is 0 Å². The van der Waals surface area contributed by atoms with E-state index in [0.29, 0.717) is 12.8 Å². The van der Waals surface area contributed by atoms with Gasteiger partial charge in [0.15, 0.2) is 5.78 Å². The molecule has 3 atom stereocenters. The molecule has 1 aromatic rings. The molecule has 5 heteroatoms. The smallest absolute Gasteiger partial charge is 0.163 e. The average Bonchev–Trinajstić information content (AvgIpc) is 2.64. The van der Waals surface area contributed by atoms with Gasteiger partial charge in [-0.1, -0.05) is 55.3 Å². The van der Waals surface area contributed by atoms with Gasteiger partial charge in [0.25, 0.3) is 0 Å². The molecule has 0 aliphatic carbocycles. The van der Waals surface area contributed by atoms with Crippen LogP contribution < -0.4 is 0 Å². The number of Topliss-reactive ketones (excluding diaryl/α,β-unsaturated/α-hetero) is 1. The van der Waals surface area contributed by atoms with Crippen LogP contribution in [0.2, 0.25) is 0 Å². The summed E-state index contributed by atoms with van der Waals surface area (Å²) in [5, 5.41) is 19.4. The van der Waals surface area contributed by atoms with Gasteiger partial charge in [0.05, 0.1) is 25.9 Å². The third-order valence-electron chi connectivity index (χ3n) is 4.54. The molecular formula is C22H34O5. The quantitative estimate of drug-likeness (QED) is 0.278. The molecular weight excluding hydrogens is 344 g/mol. The van der Waals surface area contributed by atoms with E-state index in [0.717, 1.165) is 30.4 Å². The number of carbonyl (C=O) groups excluding carboxylic acids is 1. The molecule has 0 aromatic heterocycles. The molecule has 0 saturated carbocycles. The van der Waals surface area contributed by atoms with Gasteiger partial charge in [-0.3, -0.25) is 4.79 Å². The van der Waals surface area contributed by atoms with Crippen molar-refractivity contribution in [1.82, 2.24) is 0 Å². The molecule has 0 aliphatic rings. The van der Waals surface area contributed by atoms with Crippen molar-refractivity contribution in [2.45, 2.75) is 51.2 Å². The van der Waals surface area contributed by atoms with Gasteiger partial charge in [-0.2, -0.15) is 0 Å². The summed E-state index contributed by atoms with van der Waals surface area (Å²) in [6.07, 6.45) is 2.55. The molecule has 0 amide bonds. The second-order valence-electron chi connectivity index (χ2n) is 7.12. The van der Waals surface area contributed by atoms with Crippen molar-refractivity contribution in [2.75, 3.05) is 26.9 Å². The summed E-state index contributed by atoms with van der Waals surface area (Å²) in [5.41, 5.74) is 1.77. The van der Waals surface area contributed by atoms with Crippen molar-refractivity contribution in [3.05, 3.63) is 48.0 Å². The Morgan fingerprint density at radius 1 is 1.04 bits per heavy atom. The third kappa shape index (κ3) is 10.4. The van der Waals surface area contributed by atoms with Crippen molar-refractivity contribution in [3.63, 3.8) is 0 Å². The number of aliphatic hydroxyl groups is 2. The van der Waals surface area contributed by atoms with E-state index < -0.39 is 12.2 Å². The van der Waals surface area contributed by atoms with Gasteiger partial charge >= 0.3 is 0 Å². The number of benzene rings is 1. The molecule has 2 N–H and O–H groups in total. The van der Waals surface area contributed by atoms with Crippen molar-refractivity contribution in [1.29, 1.82) is 0 Å². The Morgan fingerprint density at radius 2 is 1.67 bits per heavy atom. The molecule has 0 aliphatic heterocycles. The lowest BCUT2D eigenvalue weighted by atomic mass is 9.88. The Bertz CT molecular complexity index is 543. The van der Waals surface area contributed by atoms with Gasteiger partial charge in [-0.15, -0.1) is 0 Å². The Hall–Kier alpha value is -1.53. The minimum absolute atomic E-state index is 0.145. The molecule has 0 heterocycles. The van der Waals surface area contributed by atoms with E-state index in [1.807, 2.05) is 37.3 Å². The number of hydrogen-bond acceptors (Lipinski definition) is 5. The molecule has 27 heavy (non-hydrogen) atoms. The maximum Gasteiger partial charge on any atom is 0.163 e. The van der Waals surface area contributed by atoms with E-state index in [9.17, 15) is 15.0 Å². The molecule has 0 bridgehead atoms. The fourth-order valence-electron chi connectivity index (χ4n) is 2.92. The van der Waals surface area contributed by atoms with E-state index in [2.05, 4.69) is 6.58 Å². The number of ether oxygens (including phenoxy) is 2. The number of rotatable bonds is 15. The highest BCUT2D eigenvalue weighted by atomic mass is 16.5. The number of allylic oxidation sites excluding steroid dienone is 1. The number of aliphatic hydroxyl groups excluding tert-OH is 2. The van der Waals surface area contributed by atoms with Gasteiger partial charge in [0, 0.05) is 19.1 Å². The van der Waals surface area contributed by atoms with E-state index in [1.165, 1.54) is 7.11 Å². The van der Waals surface area contributed by atoms with Gasteiger partial charge in [0.1, 0.15) is 6.10 Å². The van der Waals surface area contributed by atoms with Crippen molar-refractivity contribution < 1.29 is 24.5 Å². The zero-order valence-electron chi connectivity index (χ0n) is 16.6. The Balaban J connectivity index is 2.25. The second kappa shape index (κ2) is 13.6. The molecule has 0 fully saturated rings. The third-order valence-corrected chi connectivity index (χ3v) is 4.54. The Morgan fingerprint density at radius 3 is 2.30 bits per heavy atom. The highest BCUT2D eigenvalue weighted by Gasteiger charge is 2.16. The van der Waals surface area contributed by atoms with E-state index >= 15 is 0 Å². The number of hydrogen-bond donors (Lipinski definition) is 2. The van der Waals surface area contributed by atoms with Crippen LogP contribution in [0, 0.1) is 5.92 Å². The highest BCUT2D eigenvalue weighted by Crippen LogP contribution is 2.23. The monoisotopic (exact) mass is 378 g/mol. The summed E-state index contributed by atoms with van der Waals surface area (Å²) in [5.74, 6) is 0.307. The van der Waals surface area contributed by atoms with Crippen molar-refractivity contribution in [2.24, 2.45) is 5.92 Å². The number of unbranched alkanes of at least 4 members (excludes halogenated alkanes) is 1. The van der Waals surface area contributed by atoms with Gasteiger partial charge in [0.2, 0.25) is 0 Å². The summed E-state index contributed by atoms with van der Waals surface area (Å²) < 4.78 is 10.1. The van der Waals surface area contributed by atoms with Crippen LogP contribution in [0.25, 0.3) is 0 Å². The van der Waals surface area contributed by atoms with Crippen LogP contribution in [-0.2, 0) is 9.47 Å². The molecule has 0 radical (unpaired) electrons. The predicted octanol–water partition coefficient (Wildman–Crippen LogP) is 3.40. The van der Waals surface area contributed by atoms with Crippen molar-refractivity contribution >= 4 is 5.78 Å². The molecule has 0 spiro atoms. The zero-order chi connectivity index (χ0) is 20.1. The van der Waals surface area contributed by atoms with Gasteiger partial charge in [-0.25, -0.2) is 0 Å². The first-order chi connectivity index (χ1) is 12.9. The molecule has 5 nitrogen and oxygen atoms in total. The van der Waals surface area contributed by atoms with Crippen LogP contribution >= 0.6 is 0 Å². The number of methoxy groups -OCH3 is 1. The van der Waals surface area contributed by atoms with Crippen LogP contribution in [0.1, 0.15) is 49.4 Å². The zero-order valence-corrected chi connectivity index (χ0v) is 16.6.